The summed E-state index contributed by atoms with van der Waals surface area (Å²) in [5.41, 5.74) is 2.87. The summed E-state index contributed by atoms with van der Waals surface area (Å²) in [4.78, 5) is 40.9. The maximum absolute atomic E-state index is 12.5. The first-order valence-electron chi connectivity index (χ1n) is 10.6. The topological polar surface area (TPSA) is 81.8 Å². The number of anilines is 3. The summed E-state index contributed by atoms with van der Waals surface area (Å²) in [6.45, 7) is 3.26. The summed E-state index contributed by atoms with van der Waals surface area (Å²) in [6, 6.07) is 14.3. The average molecular weight is 423 g/mol. The highest BCUT2D eigenvalue weighted by Crippen LogP contribution is 2.21. The Labute approximate surface area is 183 Å². The number of rotatable bonds is 8. The highest BCUT2D eigenvalue weighted by atomic mass is 16.2. The van der Waals surface area contributed by atoms with Crippen LogP contribution in [0.3, 0.4) is 0 Å². The van der Waals surface area contributed by atoms with E-state index in [1.165, 1.54) is 0 Å². The molecular weight excluding hydrogens is 392 g/mol. The second-order valence-corrected chi connectivity index (χ2v) is 8.06. The van der Waals surface area contributed by atoms with Crippen LogP contribution in [-0.4, -0.2) is 49.8 Å². The summed E-state index contributed by atoms with van der Waals surface area (Å²) in [5, 5.41) is 5.73. The molecule has 1 heterocycles. The van der Waals surface area contributed by atoms with Gasteiger partial charge in [0.05, 0.1) is 5.92 Å². The Balaban J connectivity index is 1.54. The van der Waals surface area contributed by atoms with Gasteiger partial charge in [-0.3, -0.25) is 14.4 Å². The van der Waals surface area contributed by atoms with E-state index < -0.39 is 0 Å². The Morgan fingerprint density at radius 2 is 1.61 bits per heavy atom. The van der Waals surface area contributed by atoms with Gasteiger partial charge in [0, 0.05) is 56.2 Å². The van der Waals surface area contributed by atoms with Gasteiger partial charge < -0.3 is 20.4 Å². The van der Waals surface area contributed by atoms with Gasteiger partial charge >= 0.3 is 0 Å². The molecule has 7 nitrogen and oxygen atoms in total. The zero-order chi connectivity index (χ0) is 22.4. The number of nitrogens with one attached hydrogen (secondary N) is 2. The molecular formula is C24H30N4O3. The molecule has 2 aromatic carbocycles. The third-order valence-corrected chi connectivity index (χ3v) is 5.42. The van der Waals surface area contributed by atoms with E-state index in [-0.39, 0.29) is 30.1 Å². The molecule has 0 saturated carbocycles. The van der Waals surface area contributed by atoms with Crippen molar-refractivity contribution < 1.29 is 14.4 Å². The molecule has 1 unspecified atom stereocenters. The summed E-state index contributed by atoms with van der Waals surface area (Å²) in [7, 11) is 3.92. The van der Waals surface area contributed by atoms with Gasteiger partial charge in [-0.05, 0) is 55.0 Å². The van der Waals surface area contributed by atoms with Crippen molar-refractivity contribution in [1.29, 1.82) is 0 Å². The number of carbonyl (C=O) groups excluding carboxylic acids is 3. The lowest BCUT2D eigenvalue weighted by Crippen LogP contribution is -2.29. The van der Waals surface area contributed by atoms with Crippen molar-refractivity contribution in [3.05, 3.63) is 54.1 Å². The molecule has 0 bridgehead atoms. The van der Waals surface area contributed by atoms with Crippen molar-refractivity contribution in [2.45, 2.75) is 26.2 Å². The highest BCUT2D eigenvalue weighted by molar-refractivity contribution is 6.05. The number of hydrogen-bond acceptors (Lipinski definition) is 4. The third kappa shape index (κ3) is 5.84. The van der Waals surface area contributed by atoms with Crippen LogP contribution < -0.4 is 15.5 Å². The summed E-state index contributed by atoms with van der Waals surface area (Å²) in [5.74, 6) is -0.675. The molecule has 3 amide bonds. The molecule has 0 spiro atoms. The van der Waals surface area contributed by atoms with Gasteiger partial charge in [0.15, 0.2) is 0 Å². The molecule has 31 heavy (non-hydrogen) atoms. The van der Waals surface area contributed by atoms with Crippen LogP contribution in [0, 0.1) is 5.92 Å². The Hall–Kier alpha value is -3.35. The van der Waals surface area contributed by atoms with Crippen molar-refractivity contribution >= 4 is 34.8 Å². The Morgan fingerprint density at radius 3 is 2.23 bits per heavy atom. The monoisotopic (exact) mass is 422 g/mol. The van der Waals surface area contributed by atoms with E-state index in [1.807, 2.05) is 43.3 Å². The van der Waals surface area contributed by atoms with Crippen LogP contribution in [0.2, 0.25) is 0 Å². The molecule has 0 aromatic heterocycles. The number of carbonyl (C=O) groups is 3. The molecule has 1 aliphatic heterocycles. The van der Waals surface area contributed by atoms with Crippen LogP contribution in [0.1, 0.15) is 36.5 Å². The summed E-state index contributed by atoms with van der Waals surface area (Å²) >= 11 is 0. The van der Waals surface area contributed by atoms with Crippen LogP contribution >= 0.6 is 0 Å². The van der Waals surface area contributed by atoms with Gasteiger partial charge in [0.25, 0.3) is 5.91 Å². The number of hydrogen-bond donors (Lipinski definition) is 2. The molecule has 1 aliphatic rings. The van der Waals surface area contributed by atoms with Crippen molar-refractivity contribution in [3.63, 3.8) is 0 Å². The van der Waals surface area contributed by atoms with Gasteiger partial charge in [-0.1, -0.05) is 13.3 Å². The second-order valence-electron chi connectivity index (χ2n) is 8.06. The minimum Gasteiger partial charge on any atom is -0.378 e. The van der Waals surface area contributed by atoms with Crippen molar-refractivity contribution in [3.8, 4) is 0 Å². The number of benzene rings is 2. The van der Waals surface area contributed by atoms with Gasteiger partial charge in [0.1, 0.15) is 0 Å². The number of likely N-dealkylation sites (tertiary alicyclic amines) is 1. The zero-order valence-electron chi connectivity index (χ0n) is 18.4. The molecule has 164 valence electrons. The van der Waals surface area contributed by atoms with Gasteiger partial charge in [0.2, 0.25) is 11.8 Å². The quantitative estimate of drug-likeness (QED) is 0.681. The fourth-order valence-electron chi connectivity index (χ4n) is 3.51. The maximum atomic E-state index is 12.5. The first-order valence-corrected chi connectivity index (χ1v) is 10.6. The smallest absolute Gasteiger partial charge is 0.255 e. The van der Waals surface area contributed by atoms with E-state index in [0.29, 0.717) is 30.0 Å². The molecule has 2 N–H and O–H groups in total. The minimum atomic E-state index is -0.336. The number of amides is 3. The maximum Gasteiger partial charge on any atom is 0.255 e. The molecule has 2 aromatic rings. The van der Waals surface area contributed by atoms with Crippen LogP contribution in [0.25, 0.3) is 0 Å². The van der Waals surface area contributed by atoms with Gasteiger partial charge in [-0.2, -0.15) is 0 Å². The zero-order valence-corrected chi connectivity index (χ0v) is 18.4. The van der Waals surface area contributed by atoms with E-state index in [2.05, 4.69) is 17.6 Å². The molecule has 1 fully saturated rings. The fourth-order valence-corrected chi connectivity index (χ4v) is 3.51. The Bertz CT molecular complexity index is 923. The van der Waals surface area contributed by atoms with Crippen LogP contribution in [0.4, 0.5) is 17.1 Å². The molecule has 1 saturated heterocycles. The molecule has 7 heteroatoms. The van der Waals surface area contributed by atoms with E-state index in [4.69, 9.17) is 0 Å². The van der Waals surface area contributed by atoms with Crippen LogP contribution in [-0.2, 0) is 9.59 Å². The third-order valence-electron chi connectivity index (χ3n) is 5.42. The normalized spacial score (nSPS) is 15.6. The lowest BCUT2D eigenvalue weighted by atomic mass is 10.1. The molecule has 3 rings (SSSR count). The SMILES string of the molecule is CCCCN1CC(C(=O)Nc2ccc(C(=O)Nc3ccc(N(C)C)cc3)cc2)CC1=O. The Morgan fingerprint density at radius 1 is 1.00 bits per heavy atom. The largest absolute Gasteiger partial charge is 0.378 e. The minimum absolute atomic E-state index is 0.0410. The van der Waals surface area contributed by atoms with E-state index in [0.717, 1.165) is 18.5 Å². The van der Waals surface area contributed by atoms with Crippen molar-refractivity contribution in [2.75, 3.05) is 42.7 Å². The number of unbranched alkanes of at least 4 members (excludes halogenated alkanes) is 1. The van der Waals surface area contributed by atoms with E-state index in [1.54, 1.807) is 29.2 Å². The first kappa shape index (κ1) is 22.3. The summed E-state index contributed by atoms with van der Waals surface area (Å²) in [6.07, 6.45) is 2.22. The predicted octanol–water partition coefficient (Wildman–Crippen LogP) is 3.59. The average Bonchev–Trinajstić information content (AvgIpc) is 3.13. The lowest BCUT2D eigenvalue weighted by molar-refractivity contribution is -0.128. The summed E-state index contributed by atoms with van der Waals surface area (Å²) < 4.78 is 0. The lowest BCUT2D eigenvalue weighted by Gasteiger charge is -2.16. The van der Waals surface area contributed by atoms with Gasteiger partial charge in [-0.25, -0.2) is 0 Å². The Kier molecular flexibility index (Phi) is 7.28. The van der Waals surface area contributed by atoms with Crippen molar-refractivity contribution in [1.82, 2.24) is 4.90 Å². The van der Waals surface area contributed by atoms with Crippen LogP contribution in [0.15, 0.2) is 48.5 Å². The van der Waals surface area contributed by atoms with E-state index >= 15 is 0 Å². The van der Waals surface area contributed by atoms with Crippen LogP contribution in [0.5, 0.6) is 0 Å². The standard InChI is InChI=1S/C24H30N4O3/c1-4-5-14-28-16-18(15-22(28)29)24(31)26-19-8-6-17(7-9-19)23(30)25-20-10-12-21(13-11-20)27(2)3/h6-13,18H,4-5,14-16H2,1-3H3,(H,25,30)(H,26,31). The fraction of sp³-hybridized carbons (Fsp3) is 0.375. The van der Waals surface area contributed by atoms with Crippen molar-refractivity contribution in [2.24, 2.45) is 5.92 Å². The molecule has 0 aliphatic carbocycles. The molecule has 1 atom stereocenters. The predicted molar refractivity (Wildman–Crippen MR) is 123 cm³/mol. The first-order chi connectivity index (χ1) is 14.9. The second kappa shape index (κ2) is 10.1. The highest BCUT2D eigenvalue weighted by Gasteiger charge is 2.33. The number of nitrogens with zero attached hydrogens (tertiary/aromatic N) is 2. The molecule has 0 radical (unpaired) electrons. The van der Waals surface area contributed by atoms with Gasteiger partial charge in [-0.15, -0.1) is 0 Å². The van der Waals surface area contributed by atoms with E-state index in [9.17, 15) is 14.4 Å².